The van der Waals surface area contributed by atoms with Gasteiger partial charge in [0, 0.05) is 44.6 Å². The number of nitrogens with zero attached hydrogens (tertiary/aromatic N) is 4. The maximum absolute atomic E-state index is 6.33. The van der Waals surface area contributed by atoms with Gasteiger partial charge in [0.15, 0.2) is 17.5 Å². The van der Waals surface area contributed by atoms with Gasteiger partial charge in [-0.15, -0.1) is 0 Å². The van der Waals surface area contributed by atoms with E-state index in [4.69, 9.17) is 24.4 Å². The lowest BCUT2D eigenvalue weighted by atomic mass is 9.82. The minimum absolute atomic E-state index is 0.0894. The van der Waals surface area contributed by atoms with Gasteiger partial charge >= 0.3 is 0 Å². The lowest BCUT2D eigenvalue weighted by Crippen LogP contribution is -2.14. The van der Waals surface area contributed by atoms with Crippen LogP contribution >= 0.6 is 0 Å². The zero-order valence-electron chi connectivity index (χ0n) is 25.4. The summed E-state index contributed by atoms with van der Waals surface area (Å²) in [7, 11) is 0. The predicted octanol–water partition coefficient (Wildman–Crippen LogP) is 10.1. The van der Waals surface area contributed by atoms with Gasteiger partial charge in [0.25, 0.3) is 0 Å². The Balaban J connectivity index is 1.17. The second-order valence-electron chi connectivity index (χ2n) is 12.4. The molecule has 9 rings (SSSR count). The standard InChI is InChI=1S/C41H28N4O/c1-41(2)34-19-10-9-18-30(34)31-22-32-33-21-29(24-42-40(33)46-36(32)23-35(31)41)27-16-11-17-28(20-27)39-44-37(25-12-5-3-6-13-25)43-38(45-39)26-14-7-4-8-15-26/h3-24H,1-2H3. The van der Waals surface area contributed by atoms with Crippen LogP contribution < -0.4 is 0 Å². The highest BCUT2D eigenvalue weighted by atomic mass is 16.3. The molecule has 0 saturated heterocycles. The van der Waals surface area contributed by atoms with E-state index in [-0.39, 0.29) is 5.41 Å². The zero-order valence-corrected chi connectivity index (χ0v) is 25.4. The van der Waals surface area contributed by atoms with E-state index in [1.807, 2.05) is 79.0 Å². The summed E-state index contributed by atoms with van der Waals surface area (Å²) in [6, 6.07) is 43.8. The third-order valence-corrected chi connectivity index (χ3v) is 9.19. The summed E-state index contributed by atoms with van der Waals surface area (Å²) in [4.78, 5) is 19.5. The van der Waals surface area contributed by atoms with Crippen molar-refractivity contribution in [2.75, 3.05) is 0 Å². The first-order chi connectivity index (χ1) is 22.5. The van der Waals surface area contributed by atoms with Crippen molar-refractivity contribution < 1.29 is 4.42 Å². The maximum atomic E-state index is 6.33. The molecule has 1 aliphatic carbocycles. The fourth-order valence-electron chi connectivity index (χ4n) is 6.79. The lowest BCUT2D eigenvalue weighted by molar-refractivity contribution is 0.640. The predicted molar refractivity (Wildman–Crippen MR) is 184 cm³/mol. The van der Waals surface area contributed by atoms with Crippen molar-refractivity contribution in [1.82, 2.24) is 19.9 Å². The second-order valence-corrected chi connectivity index (χ2v) is 12.4. The Morgan fingerprint density at radius 2 is 1.09 bits per heavy atom. The van der Waals surface area contributed by atoms with Crippen molar-refractivity contribution >= 4 is 22.1 Å². The van der Waals surface area contributed by atoms with Crippen molar-refractivity contribution in [3.8, 4) is 56.4 Å². The third-order valence-electron chi connectivity index (χ3n) is 9.19. The SMILES string of the molecule is CC1(C)c2ccccc2-c2cc3c(cc21)oc1ncc(-c2cccc(-c4nc(-c5ccccc5)nc(-c5ccccc5)n4)c2)cc13. The summed E-state index contributed by atoms with van der Waals surface area (Å²) in [6.07, 6.45) is 1.88. The van der Waals surface area contributed by atoms with Crippen molar-refractivity contribution in [3.63, 3.8) is 0 Å². The third kappa shape index (κ3) is 4.16. The number of furan rings is 1. The molecule has 218 valence electrons. The number of fused-ring (bicyclic) bond motifs is 6. The Morgan fingerprint density at radius 1 is 0.478 bits per heavy atom. The molecule has 5 heteroatoms. The minimum Gasteiger partial charge on any atom is -0.438 e. The highest BCUT2D eigenvalue weighted by molar-refractivity contribution is 6.07. The number of pyridine rings is 1. The van der Waals surface area contributed by atoms with Crippen LogP contribution in [0.25, 0.3) is 78.5 Å². The topological polar surface area (TPSA) is 64.7 Å². The van der Waals surface area contributed by atoms with Crippen molar-refractivity contribution in [2.45, 2.75) is 19.3 Å². The quantitative estimate of drug-likeness (QED) is 0.203. The van der Waals surface area contributed by atoms with Gasteiger partial charge in [0.1, 0.15) is 5.58 Å². The molecule has 0 spiro atoms. The largest absolute Gasteiger partial charge is 0.438 e. The molecule has 8 aromatic rings. The van der Waals surface area contributed by atoms with Crippen LogP contribution in [0, 0.1) is 0 Å². The first-order valence-corrected chi connectivity index (χ1v) is 15.5. The second kappa shape index (κ2) is 10.0. The number of hydrogen-bond donors (Lipinski definition) is 0. The van der Waals surface area contributed by atoms with Crippen LogP contribution in [0.15, 0.2) is 138 Å². The van der Waals surface area contributed by atoms with Gasteiger partial charge in [-0.05, 0) is 52.1 Å². The summed E-state index contributed by atoms with van der Waals surface area (Å²) >= 11 is 0. The maximum Gasteiger partial charge on any atom is 0.227 e. The van der Waals surface area contributed by atoms with E-state index >= 15 is 0 Å². The summed E-state index contributed by atoms with van der Waals surface area (Å²) in [5.41, 5.74) is 11.4. The van der Waals surface area contributed by atoms with Crippen LogP contribution in [-0.4, -0.2) is 19.9 Å². The first-order valence-electron chi connectivity index (χ1n) is 15.5. The van der Waals surface area contributed by atoms with Gasteiger partial charge in [-0.2, -0.15) is 0 Å². The molecule has 0 saturated carbocycles. The molecule has 3 heterocycles. The van der Waals surface area contributed by atoms with E-state index in [1.54, 1.807) is 0 Å². The molecule has 46 heavy (non-hydrogen) atoms. The molecule has 1 aliphatic rings. The fraction of sp³-hybridized carbons (Fsp3) is 0.0732. The Hall–Kier alpha value is -5.94. The monoisotopic (exact) mass is 592 g/mol. The van der Waals surface area contributed by atoms with E-state index in [9.17, 15) is 0 Å². The minimum atomic E-state index is -0.0894. The highest BCUT2D eigenvalue weighted by Crippen LogP contribution is 2.50. The number of benzene rings is 5. The van der Waals surface area contributed by atoms with Gasteiger partial charge in [0.2, 0.25) is 5.71 Å². The average Bonchev–Trinajstić information content (AvgIpc) is 3.59. The van der Waals surface area contributed by atoms with Crippen molar-refractivity contribution in [3.05, 3.63) is 145 Å². The van der Waals surface area contributed by atoms with E-state index in [0.717, 1.165) is 44.2 Å². The van der Waals surface area contributed by atoms with Gasteiger partial charge in [-0.1, -0.05) is 117 Å². The normalized spacial score (nSPS) is 13.2. The average molecular weight is 593 g/mol. The number of rotatable bonds is 4. The van der Waals surface area contributed by atoms with Crippen molar-refractivity contribution in [1.29, 1.82) is 0 Å². The smallest absolute Gasteiger partial charge is 0.227 e. The van der Waals surface area contributed by atoms with Crippen LogP contribution in [0.4, 0.5) is 0 Å². The zero-order chi connectivity index (χ0) is 30.8. The van der Waals surface area contributed by atoms with Gasteiger partial charge in [0.05, 0.1) is 0 Å². The van der Waals surface area contributed by atoms with Crippen LogP contribution in [-0.2, 0) is 5.41 Å². The molecule has 5 aromatic carbocycles. The van der Waals surface area contributed by atoms with Crippen LogP contribution in [0.5, 0.6) is 0 Å². The highest BCUT2D eigenvalue weighted by Gasteiger charge is 2.36. The molecule has 0 unspecified atom stereocenters. The molecule has 0 fully saturated rings. The Morgan fingerprint density at radius 3 is 1.80 bits per heavy atom. The van der Waals surface area contributed by atoms with Crippen LogP contribution in [0.1, 0.15) is 25.0 Å². The summed E-state index contributed by atoms with van der Waals surface area (Å²) in [6.45, 7) is 4.57. The molecule has 0 amide bonds. The van der Waals surface area contributed by atoms with Crippen LogP contribution in [0.3, 0.4) is 0 Å². The van der Waals surface area contributed by atoms with Gasteiger partial charge in [-0.3, -0.25) is 0 Å². The summed E-state index contributed by atoms with van der Waals surface area (Å²) < 4.78 is 6.33. The summed E-state index contributed by atoms with van der Waals surface area (Å²) in [5, 5.41) is 2.07. The number of hydrogen-bond acceptors (Lipinski definition) is 5. The molecule has 0 N–H and O–H groups in total. The molecule has 0 bridgehead atoms. The van der Waals surface area contributed by atoms with Crippen LogP contribution in [0.2, 0.25) is 0 Å². The van der Waals surface area contributed by atoms with E-state index < -0.39 is 0 Å². The molecule has 0 atom stereocenters. The Bertz CT molecular complexity index is 2390. The molecule has 3 aromatic heterocycles. The van der Waals surface area contributed by atoms with Gasteiger partial charge in [-0.25, -0.2) is 19.9 Å². The van der Waals surface area contributed by atoms with E-state index in [0.29, 0.717) is 23.2 Å². The molecule has 0 radical (unpaired) electrons. The van der Waals surface area contributed by atoms with Crippen molar-refractivity contribution in [2.24, 2.45) is 0 Å². The Labute approximate surface area is 266 Å². The molecular formula is C41H28N4O. The first kappa shape index (κ1) is 26.5. The molecule has 5 nitrogen and oxygen atoms in total. The molecular weight excluding hydrogens is 564 g/mol. The van der Waals surface area contributed by atoms with E-state index in [2.05, 4.69) is 68.4 Å². The summed E-state index contributed by atoms with van der Waals surface area (Å²) in [5.74, 6) is 1.90. The number of aromatic nitrogens is 4. The van der Waals surface area contributed by atoms with E-state index in [1.165, 1.54) is 22.3 Å². The molecule has 0 aliphatic heterocycles. The van der Waals surface area contributed by atoms with Gasteiger partial charge < -0.3 is 4.42 Å². The fourth-order valence-corrected chi connectivity index (χ4v) is 6.79. The lowest BCUT2D eigenvalue weighted by Gasteiger charge is -2.21. The Kier molecular flexibility index (Phi) is 5.78.